The fraction of sp³-hybridized carbons (Fsp3) is 0.531. The number of fused-ring (bicyclic) bond motifs is 1. The van der Waals surface area contributed by atoms with Gasteiger partial charge in [-0.3, -0.25) is 14.5 Å². The van der Waals surface area contributed by atoms with Crippen LogP contribution in [-0.4, -0.2) is 69.4 Å². The van der Waals surface area contributed by atoms with Gasteiger partial charge in [-0.2, -0.15) is 0 Å². The van der Waals surface area contributed by atoms with Gasteiger partial charge < -0.3 is 14.8 Å². The molecule has 1 N–H and O–H groups in total. The molecule has 3 aliphatic rings. The third-order valence-corrected chi connectivity index (χ3v) is 9.41. The predicted octanol–water partition coefficient (Wildman–Crippen LogP) is 4.42. The van der Waals surface area contributed by atoms with Gasteiger partial charge in [0.2, 0.25) is 5.91 Å². The lowest BCUT2D eigenvalue weighted by molar-refractivity contribution is -0.121. The fourth-order valence-electron chi connectivity index (χ4n) is 7.64. The quantitative estimate of drug-likeness (QED) is 0.471. The molecule has 0 unspecified atom stereocenters. The molecule has 39 heavy (non-hydrogen) atoms. The summed E-state index contributed by atoms with van der Waals surface area (Å²) in [4.78, 5) is 36.1. The maximum atomic E-state index is 13.7. The number of rotatable bonds is 8. The number of likely N-dealkylation sites (tertiary alicyclic amines) is 1. The molecule has 0 bridgehead atoms. The molecule has 0 spiro atoms. The van der Waals surface area contributed by atoms with Crippen LogP contribution in [0.4, 0.5) is 0 Å². The first-order valence-corrected chi connectivity index (χ1v) is 14.9. The summed E-state index contributed by atoms with van der Waals surface area (Å²) >= 11 is 0. The molecule has 4 heterocycles. The number of nitrogens with one attached hydrogen (secondary N) is 1. The van der Waals surface area contributed by atoms with Crippen molar-refractivity contribution in [1.82, 2.24) is 24.7 Å². The summed E-state index contributed by atoms with van der Waals surface area (Å²) in [6.07, 6.45) is 7.74. The van der Waals surface area contributed by atoms with Crippen molar-refractivity contribution in [3.63, 3.8) is 0 Å². The molecule has 206 valence electrons. The molecule has 4 atom stereocenters. The summed E-state index contributed by atoms with van der Waals surface area (Å²) in [5.74, 6) is 2.31. The number of piperidine rings is 3. The van der Waals surface area contributed by atoms with E-state index in [-0.39, 0.29) is 17.9 Å². The number of aryl methyl sites for hydroxylation is 1. The van der Waals surface area contributed by atoms with E-state index in [1.165, 1.54) is 38.8 Å². The minimum atomic E-state index is 0.0892. The molecule has 2 amide bonds. The SMILES string of the molecule is Cn1c(CCNC(=O)CCC[C@@H]2[C@H]3CCCN4CCC[C@@H](CN2C(=O)c2ccccc2)[C@@H]34)nc2ccccc21. The van der Waals surface area contributed by atoms with E-state index >= 15 is 0 Å². The number of benzene rings is 2. The van der Waals surface area contributed by atoms with Crippen LogP contribution < -0.4 is 5.32 Å². The molecule has 0 aliphatic carbocycles. The van der Waals surface area contributed by atoms with Crippen LogP contribution in [0.15, 0.2) is 54.6 Å². The van der Waals surface area contributed by atoms with Crippen LogP contribution in [-0.2, 0) is 18.3 Å². The van der Waals surface area contributed by atoms with Crippen molar-refractivity contribution >= 4 is 22.8 Å². The van der Waals surface area contributed by atoms with Crippen LogP contribution in [0.25, 0.3) is 11.0 Å². The topological polar surface area (TPSA) is 70.5 Å². The zero-order valence-corrected chi connectivity index (χ0v) is 23.1. The summed E-state index contributed by atoms with van der Waals surface area (Å²) < 4.78 is 2.11. The first kappa shape index (κ1) is 26.1. The minimum Gasteiger partial charge on any atom is -0.356 e. The van der Waals surface area contributed by atoms with E-state index in [1.807, 2.05) is 55.6 Å². The van der Waals surface area contributed by atoms with Crippen molar-refractivity contribution in [3.05, 3.63) is 66.0 Å². The number of para-hydroxylation sites is 2. The molecule has 1 aromatic heterocycles. The van der Waals surface area contributed by atoms with Crippen LogP contribution in [0, 0.1) is 11.8 Å². The number of amides is 2. The molecule has 3 fully saturated rings. The lowest BCUT2D eigenvalue weighted by atomic mass is 9.69. The van der Waals surface area contributed by atoms with Gasteiger partial charge in [-0.05, 0) is 87.7 Å². The Kier molecular flexibility index (Phi) is 7.69. The average Bonchev–Trinajstić information content (AvgIpc) is 3.29. The molecule has 6 rings (SSSR count). The molecule has 3 saturated heterocycles. The third kappa shape index (κ3) is 5.33. The standard InChI is InChI=1S/C32H41N5O2/c1-35-28-15-6-5-14-26(28)34-29(35)18-19-33-30(38)17-7-16-27-25-13-9-21-36-20-8-12-24(31(25)36)22-37(27)32(39)23-10-3-2-4-11-23/h2-6,10-11,14-15,24-25,27,31H,7-9,12-13,16-22H2,1H3,(H,33,38)/t24-,25+,27+,31-/m0/s1. The van der Waals surface area contributed by atoms with Gasteiger partial charge in [0.15, 0.2) is 0 Å². The molecular weight excluding hydrogens is 486 g/mol. The summed E-state index contributed by atoms with van der Waals surface area (Å²) in [6.45, 7) is 3.83. The van der Waals surface area contributed by atoms with Gasteiger partial charge in [0.25, 0.3) is 5.91 Å². The Morgan fingerprint density at radius 2 is 1.77 bits per heavy atom. The van der Waals surface area contributed by atoms with Crippen LogP contribution >= 0.6 is 0 Å². The molecular formula is C32H41N5O2. The highest BCUT2D eigenvalue weighted by Gasteiger charge is 2.49. The second-order valence-electron chi connectivity index (χ2n) is 11.7. The summed E-state index contributed by atoms with van der Waals surface area (Å²) in [7, 11) is 2.03. The Balaban J connectivity index is 1.08. The molecule has 3 aliphatic heterocycles. The highest BCUT2D eigenvalue weighted by molar-refractivity contribution is 5.94. The van der Waals surface area contributed by atoms with Crippen molar-refractivity contribution in [3.8, 4) is 0 Å². The third-order valence-electron chi connectivity index (χ3n) is 9.41. The average molecular weight is 528 g/mol. The Labute approximate surface area is 231 Å². The van der Waals surface area contributed by atoms with E-state index in [9.17, 15) is 9.59 Å². The molecule has 0 saturated carbocycles. The number of imidazole rings is 1. The highest BCUT2D eigenvalue weighted by Crippen LogP contribution is 2.43. The van der Waals surface area contributed by atoms with Crippen molar-refractivity contribution in [2.75, 3.05) is 26.2 Å². The van der Waals surface area contributed by atoms with E-state index in [0.717, 1.165) is 41.8 Å². The smallest absolute Gasteiger partial charge is 0.254 e. The van der Waals surface area contributed by atoms with Gasteiger partial charge in [0, 0.05) is 50.6 Å². The molecule has 0 radical (unpaired) electrons. The summed E-state index contributed by atoms with van der Waals surface area (Å²) in [5, 5.41) is 3.11. The van der Waals surface area contributed by atoms with Crippen molar-refractivity contribution in [1.29, 1.82) is 0 Å². The van der Waals surface area contributed by atoms with Crippen molar-refractivity contribution < 1.29 is 9.59 Å². The minimum absolute atomic E-state index is 0.0892. The van der Waals surface area contributed by atoms with Crippen LogP contribution in [0.5, 0.6) is 0 Å². The maximum absolute atomic E-state index is 13.7. The van der Waals surface area contributed by atoms with Gasteiger partial charge in [0.05, 0.1) is 11.0 Å². The van der Waals surface area contributed by atoms with Crippen molar-refractivity contribution in [2.24, 2.45) is 18.9 Å². The number of nitrogens with zero attached hydrogens (tertiary/aromatic N) is 4. The van der Waals surface area contributed by atoms with E-state index in [2.05, 4.69) is 25.8 Å². The van der Waals surface area contributed by atoms with E-state index in [4.69, 9.17) is 4.98 Å². The van der Waals surface area contributed by atoms with Gasteiger partial charge in [-0.15, -0.1) is 0 Å². The van der Waals surface area contributed by atoms with E-state index in [1.54, 1.807) is 0 Å². The van der Waals surface area contributed by atoms with Gasteiger partial charge in [0.1, 0.15) is 5.82 Å². The first-order valence-electron chi connectivity index (χ1n) is 14.9. The number of carbonyl (C=O) groups is 2. The number of hydrogen-bond acceptors (Lipinski definition) is 4. The highest BCUT2D eigenvalue weighted by atomic mass is 16.2. The molecule has 3 aromatic rings. The fourth-order valence-corrected chi connectivity index (χ4v) is 7.64. The number of hydrogen-bond donors (Lipinski definition) is 1. The lowest BCUT2D eigenvalue weighted by Crippen LogP contribution is -2.65. The summed E-state index contributed by atoms with van der Waals surface area (Å²) in [6, 6.07) is 18.7. The molecule has 7 heteroatoms. The van der Waals surface area contributed by atoms with Gasteiger partial charge in [-0.25, -0.2) is 4.98 Å². The largest absolute Gasteiger partial charge is 0.356 e. The normalized spacial score (nSPS) is 24.9. The van der Waals surface area contributed by atoms with Crippen LogP contribution in [0.1, 0.15) is 61.1 Å². The maximum Gasteiger partial charge on any atom is 0.254 e. The Morgan fingerprint density at radius 3 is 2.59 bits per heavy atom. The Morgan fingerprint density at radius 1 is 1.00 bits per heavy atom. The summed E-state index contributed by atoms with van der Waals surface area (Å²) in [5.41, 5.74) is 2.89. The van der Waals surface area contributed by atoms with E-state index in [0.29, 0.717) is 37.3 Å². The monoisotopic (exact) mass is 527 g/mol. The Hall–Kier alpha value is -3.19. The van der Waals surface area contributed by atoms with Gasteiger partial charge in [-0.1, -0.05) is 30.3 Å². The predicted molar refractivity (Wildman–Crippen MR) is 153 cm³/mol. The molecule has 7 nitrogen and oxygen atoms in total. The second kappa shape index (κ2) is 11.5. The lowest BCUT2D eigenvalue weighted by Gasteiger charge is -2.57. The zero-order valence-electron chi connectivity index (χ0n) is 23.1. The van der Waals surface area contributed by atoms with Crippen LogP contribution in [0.2, 0.25) is 0 Å². The molecule has 2 aromatic carbocycles. The first-order chi connectivity index (χ1) is 19.1. The van der Waals surface area contributed by atoms with Crippen molar-refractivity contribution in [2.45, 2.75) is 63.5 Å². The van der Waals surface area contributed by atoms with Gasteiger partial charge >= 0.3 is 0 Å². The van der Waals surface area contributed by atoms with E-state index < -0.39 is 0 Å². The Bertz CT molecular complexity index is 1300. The zero-order chi connectivity index (χ0) is 26.8. The van der Waals surface area contributed by atoms with Crippen LogP contribution in [0.3, 0.4) is 0 Å². The number of aromatic nitrogens is 2. The second-order valence-corrected chi connectivity index (χ2v) is 11.7. The number of carbonyl (C=O) groups excluding carboxylic acids is 2.